The van der Waals surface area contributed by atoms with Gasteiger partial charge in [0, 0.05) is 19.0 Å². The maximum absolute atomic E-state index is 13.6. The summed E-state index contributed by atoms with van der Waals surface area (Å²) in [5.41, 5.74) is 4.69. The van der Waals surface area contributed by atoms with Crippen molar-refractivity contribution in [1.82, 2.24) is 10.2 Å². The molecule has 2 atom stereocenters. The van der Waals surface area contributed by atoms with Gasteiger partial charge in [-0.25, -0.2) is 0 Å². The van der Waals surface area contributed by atoms with Gasteiger partial charge >= 0.3 is 0 Å². The second kappa shape index (κ2) is 11.3. The number of fused-ring (bicyclic) bond motifs is 1. The van der Waals surface area contributed by atoms with E-state index in [2.05, 4.69) is 67.4 Å². The van der Waals surface area contributed by atoms with Crippen LogP contribution in [0.25, 0.3) is 0 Å². The molecule has 1 saturated carbocycles. The topological polar surface area (TPSA) is 58.6 Å². The number of carbonyl (C=O) groups excluding carboxylic acids is 2. The second-order valence-corrected chi connectivity index (χ2v) is 10.6. The summed E-state index contributed by atoms with van der Waals surface area (Å²) in [6.45, 7) is 9.58. The highest BCUT2D eigenvalue weighted by atomic mass is 16.5. The summed E-state index contributed by atoms with van der Waals surface area (Å²) < 4.78 is 6.21. The molecule has 5 heteroatoms. The third-order valence-corrected chi connectivity index (χ3v) is 7.35. The monoisotopic (exact) mass is 476 g/mol. The largest absolute Gasteiger partial charge is 0.481 e. The van der Waals surface area contributed by atoms with Crippen LogP contribution in [-0.4, -0.2) is 35.9 Å². The van der Waals surface area contributed by atoms with Crippen LogP contribution in [0, 0.1) is 18.8 Å². The number of ether oxygens (including phenoxy) is 1. The minimum Gasteiger partial charge on any atom is -0.481 e. The highest BCUT2D eigenvalue weighted by molar-refractivity contribution is 5.81. The molecule has 2 unspecified atom stereocenters. The molecular weight excluding hydrogens is 436 g/mol. The number of nitrogens with zero attached hydrogens (tertiary/aromatic N) is 1. The minimum atomic E-state index is -0.538. The quantitative estimate of drug-likeness (QED) is 0.540. The summed E-state index contributed by atoms with van der Waals surface area (Å²) in [5, 5.41) is 2.99. The van der Waals surface area contributed by atoms with Gasteiger partial charge in [-0.2, -0.15) is 0 Å². The predicted molar refractivity (Wildman–Crippen MR) is 139 cm³/mol. The molecule has 2 amide bonds. The first kappa shape index (κ1) is 25.3. The molecule has 188 valence electrons. The Kier molecular flexibility index (Phi) is 8.15. The summed E-state index contributed by atoms with van der Waals surface area (Å²) in [6, 6.07) is 14.5. The van der Waals surface area contributed by atoms with Gasteiger partial charge in [-0.3, -0.25) is 9.59 Å². The van der Waals surface area contributed by atoms with Crippen molar-refractivity contribution in [3.05, 3.63) is 64.7 Å². The zero-order valence-electron chi connectivity index (χ0n) is 21.7. The Hall–Kier alpha value is -2.82. The van der Waals surface area contributed by atoms with Crippen molar-refractivity contribution >= 4 is 11.8 Å². The number of hydrogen-bond acceptors (Lipinski definition) is 3. The second-order valence-electron chi connectivity index (χ2n) is 10.6. The van der Waals surface area contributed by atoms with Crippen molar-refractivity contribution in [2.75, 3.05) is 13.1 Å². The van der Waals surface area contributed by atoms with E-state index in [4.69, 9.17) is 4.74 Å². The SMILES string of the molecule is CCC(Oc1ccc2c(c1)C(c1ccc(C)cc1)N(C(=O)C1CCCC1)CC2)C(=O)NCC(C)C. The molecule has 35 heavy (non-hydrogen) atoms. The Morgan fingerprint density at radius 1 is 1.09 bits per heavy atom. The molecular formula is C30H40N2O3. The summed E-state index contributed by atoms with van der Waals surface area (Å²) in [6.07, 6.45) is 5.17. The number of nitrogens with one attached hydrogen (secondary N) is 1. The van der Waals surface area contributed by atoms with E-state index in [1.54, 1.807) is 0 Å². The van der Waals surface area contributed by atoms with Gasteiger partial charge in [0.2, 0.25) is 5.91 Å². The minimum absolute atomic E-state index is 0.0768. The van der Waals surface area contributed by atoms with Crippen molar-refractivity contribution < 1.29 is 14.3 Å². The van der Waals surface area contributed by atoms with Gasteiger partial charge in [0.25, 0.3) is 5.91 Å². The van der Waals surface area contributed by atoms with Gasteiger partial charge in [0.05, 0.1) is 6.04 Å². The molecule has 0 bridgehead atoms. The first-order valence-electron chi connectivity index (χ1n) is 13.3. The fraction of sp³-hybridized carbons (Fsp3) is 0.533. The molecule has 0 spiro atoms. The van der Waals surface area contributed by atoms with Crippen molar-refractivity contribution in [3.63, 3.8) is 0 Å². The first-order valence-corrected chi connectivity index (χ1v) is 13.3. The first-order chi connectivity index (χ1) is 16.9. The highest BCUT2D eigenvalue weighted by Crippen LogP contribution is 2.40. The molecule has 2 aliphatic rings. The third kappa shape index (κ3) is 5.88. The predicted octanol–water partition coefficient (Wildman–Crippen LogP) is 5.59. The molecule has 4 rings (SSSR count). The Bertz CT molecular complexity index is 1020. The number of amides is 2. The van der Waals surface area contributed by atoms with E-state index in [-0.39, 0.29) is 23.8 Å². The van der Waals surface area contributed by atoms with Crippen molar-refractivity contribution in [1.29, 1.82) is 0 Å². The van der Waals surface area contributed by atoms with E-state index in [1.807, 2.05) is 13.0 Å². The summed E-state index contributed by atoms with van der Waals surface area (Å²) in [5.74, 6) is 1.41. The lowest BCUT2D eigenvalue weighted by molar-refractivity contribution is -0.137. The average Bonchev–Trinajstić information content (AvgIpc) is 3.40. The Morgan fingerprint density at radius 3 is 2.46 bits per heavy atom. The van der Waals surface area contributed by atoms with Gasteiger partial charge in [0.1, 0.15) is 5.75 Å². The van der Waals surface area contributed by atoms with Crippen LogP contribution in [-0.2, 0) is 16.0 Å². The zero-order chi connectivity index (χ0) is 24.9. The molecule has 2 aromatic rings. The Balaban J connectivity index is 1.64. The lowest BCUT2D eigenvalue weighted by atomic mass is 9.86. The van der Waals surface area contributed by atoms with Crippen LogP contribution in [0.1, 0.15) is 81.2 Å². The van der Waals surface area contributed by atoms with Gasteiger partial charge in [-0.05, 0) is 67.3 Å². The van der Waals surface area contributed by atoms with Crippen molar-refractivity contribution in [2.24, 2.45) is 11.8 Å². The summed E-state index contributed by atoms with van der Waals surface area (Å²) in [7, 11) is 0. The maximum Gasteiger partial charge on any atom is 0.261 e. The molecule has 1 heterocycles. The molecule has 0 saturated heterocycles. The summed E-state index contributed by atoms with van der Waals surface area (Å²) >= 11 is 0. The fourth-order valence-corrected chi connectivity index (χ4v) is 5.32. The van der Waals surface area contributed by atoms with Crippen molar-refractivity contribution in [3.8, 4) is 5.75 Å². The number of rotatable bonds is 8. The molecule has 5 nitrogen and oxygen atoms in total. The van der Waals surface area contributed by atoms with E-state index >= 15 is 0 Å². The van der Waals surface area contributed by atoms with Crippen LogP contribution in [0.15, 0.2) is 42.5 Å². The normalized spacial score (nSPS) is 18.9. The van der Waals surface area contributed by atoms with Gasteiger partial charge in [0.15, 0.2) is 6.10 Å². The standard InChI is InChI=1S/C30H40N2O3/c1-5-27(29(33)31-19-20(2)3)35-25-15-14-22-16-17-32(30(34)24-8-6-7-9-24)28(26(22)18-25)23-12-10-21(4)11-13-23/h10-15,18,20,24,27-28H,5-9,16-17,19H2,1-4H3,(H,31,33). The zero-order valence-corrected chi connectivity index (χ0v) is 21.7. The van der Waals surface area contributed by atoms with Crippen LogP contribution in [0.5, 0.6) is 5.75 Å². The highest BCUT2D eigenvalue weighted by Gasteiger charge is 2.36. The lowest BCUT2D eigenvalue weighted by Crippen LogP contribution is -2.43. The molecule has 2 aromatic carbocycles. The van der Waals surface area contributed by atoms with Gasteiger partial charge in [-0.15, -0.1) is 0 Å². The Labute approximate surface area is 210 Å². The van der Waals surface area contributed by atoms with E-state index in [9.17, 15) is 9.59 Å². The van der Waals surface area contributed by atoms with Crippen molar-refractivity contribution in [2.45, 2.75) is 78.4 Å². The molecule has 1 N–H and O–H groups in total. The van der Waals surface area contributed by atoms with Crippen LogP contribution in [0.3, 0.4) is 0 Å². The fourth-order valence-electron chi connectivity index (χ4n) is 5.32. The van der Waals surface area contributed by atoms with E-state index in [1.165, 1.54) is 11.1 Å². The number of carbonyl (C=O) groups is 2. The molecule has 1 aliphatic heterocycles. The van der Waals surface area contributed by atoms with Crippen LogP contribution >= 0.6 is 0 Å². The molecule has 1 aliphatic carbocycles. The van der Waals surface area contributed by atoms with E-state index < -0.39 is 6.10 Å². The Morgan fingerprint density at radius 2 is 1.80 bits per heavy atom. The number of hydrogen-bond donors (Lipinski definition) is 1. The smallest absolute Gasteiger partial charge is 0.261 e. The third-order valence-electron chi connectivity index (χ3n) is 7.35. The maximum atomic E-state index is 13.6. The number of benzene rings is 2. The number of aryl methyl sites for hydroxylation is 1. The van der Waals surface area contributed by atoms with Crippen LogP contribution in [0.4, 0.5) is 0 Å². The van der Waals surface area contributed by atoms with E-state index in [0.29, 0.717) is 24.6 Å². The molecule has 1 fully saturated rings. The average molecular weight is 477 g/mol. The van der Waals surface area contributed by atoms with Gasteiger partial charge in [-0.1, -0.05) is 69.5 Å². The van der Waals surface area contributed by atoms with Crippen LogP contribution in [0.2, 0.25) is 0 Å². The van der Waals surface area contributed by atoms with Gasteiger partial charge < -0.3 is 15.0 Å². The molecule has 0 radical (unpaired) electrons. The van der Waals surface area contributed by atoms with E-state index in [0.717, 1.165) is 49.8 Å². The lowest BCUT2D eigenvalue weighted by Gasteiger charge is -2.39. The van der Waals surface area contributed by atoms with Crippen LogP contribution < -0.4 is 10.1 Å². The molecule has 0 aromatic heterocycles. The summed E-state index contributed by atoms with van der Waals surface area (Å²) in [4.78, 5) is 28.4.